The number of hydrogen-bond acceptors (Lipinski definition) is 2. The van der Waals surface area contributed by atoms with Crippen molar-refractivity contribution >= 4 is 11.7 Å². The molecule has 84 valence electrons. The normalized spacial score (nSPS) is 9.62. The largest absolute Gasteiger partial charge is 0.346 e. The van der Waals surface area contributed by atoms with E-state index in [1.165, 1.54) is 6.08 Å². The summed E-state index contributed by atoms with van der Waals surface area (Å²) in [5, 5.41) is 2.47. The lowest BCUT2D eigenvalue weighted by Crippen LogP contribution is -2.31. The fraction of sp³-hybridized carbons (Fsp3) is 0.231. The van der Waals surface area contributed by atoms with Crippen LogP contribution in [0.25, 0.3) is 0 Å². The van der Waals surface area contributed by atoms with Crippen LogP contribution in [0.4, 0.5) is 0 Å². The summed E-state index contributed by atoms with van der Waals surface area (Å²) in [7, 11) is 0. The average Bonchev–Trinajstić information content (AvgIpc) is 2.25. The molecule has 0 aliphatic heterocycles. The van der Waals surface area contributed by atoms with Crippen LogP contribution in [0.15, 0.2) is 30.9 Å². The predicted octanol–water partition coefficient (Wildman–Crippen LogP) is 1.79. The first-order valence-corrected chi connectivity index (χ1v) is 5.07. The molecule has 0 heterocycles. The highest BCUT2D eigenvalue weighted by molar-refractivity contribution is 6.43. The molecule has 0 spiro atoms. The number of ketones is 1. The summed E-state index contributed by atoms with van der Waals surface area (Å²) in [6.45, 7) is 7.53. The molecule has 1 rings (SSSR count). The van der Waals surface area contributed by atoms with Crippen molar-refractivity contribution in [2.75, 3.05) is 6.54 Å². The van der Waals surface area contributed by atoms with Crippen LogP contribution in [0.1, 0.15) is 21.5 Å². The van der Waals surface area contributed by atoms with E-state index >= 15 is 0 Å². The molecule has 0 bridgehead atoms. The van der Waals surface area contributed by atoms with E-state index in [1.807, 2.05) is 26.0 Å². The Labute approximate surface area is 95.2 Å². The molecule has 0 radical (unpaired) electrons. The van der Waals surface area contributed by atoms with Crippen LogP contribution < -0.4 is 5.32 Å². The number of benzene rings is 1. The van der Waals surface area contributed by atoms with Crippen molar-refractivity contribution in [1.29, 1.82) is 0 Å². The van der Waals surface area contributed by atoms with Gasteiger partial charge in [-0.15, -0.1) is 6.58 Å². The summed E-state index contributed by atoms with van der Waals surface area (Å²) in [5.41, 5.74) is 2.34. The minimum absolute atomic E-state index is 0.301. The molecule has 1 aromatic rings. The Hall–Kier alpha value is -1.90. The van der Waals surface area contributed by atoms with Crippen LogP contribution in [-0.4, -0.2) is 18.2 Å². The average molecular weight is 217 g/mol. The molecule has 0 unspecified atom stereocenters. The van der Waals surface area contributed by atoms with Crippen molar-refractivity contribution in [1.82, 2.24) is 5.32 Å². The van der Waals surface area contributed by atoms with Crippen LogP contribution in [0.2, 0.25) is 0 Å². The molecule has 16 heavy (non-hydrogen) atoms. The van der Waals surface area contributed by atoms with Gasteiger partial charge in [0.25, 0.3) is 5.91 Å². The number of rotatable bonds is 4. The third-order valence-corrected chi connectivity index (χ3v) is 2.24. The highest BCUT2D eigenvalue weighted by atomic mass is 16.2. The van der Waals surface area contributed by atoms with E-state index in [0.29, 0.717) is 12.1 Å². The molecule has 0 saturated heterocycles. The van der Waals surface area contributed by atoms with Crippen molar-refractivity contribution in [3.63, 3.8) is 0 Å². The first-order chi connectivity index (χ1) is 7.56. The quantitative estimate of drug-likeness (QED) is 0.475. The third kappa shape index (κ3) is 2.79. The van der Waals surface area contributed by atoms with Crippen molar-refractivity contribution in [3.8, 4) is 0 Å². The number of hydrogen-bond donors (Lipinski definition) is 1. The van der Waals surface area contributed by atoms with Crippen LogP contribution in [0.3, 0.4) is 0 Å². The minimum Gasteiger partial charge on any atom is -0.346 e. The lowest BCUT2D eigenvalue weighted by atomic mass is 10.0. The molecule has 1 aromatic carbocycles. The van der Waals surface area contributed by atoms with Gasteiger partial charge in [0.1, 0.15) is 0 Å². The Morgan fingerprint density at radius 1 is 1.38 bits per heavy atom. The van der Waals surface area contributed by atoms with Crippen LogP contribution >= 0.6 is 0 Å². The van der Waals surface area contributed by atoms with E-state index in [-0.39, 0.29) is 0 Å². The van der Waals surface area contributed by atoms with Gasteiger partial charge >= 0.3 is 0 Å². The zero-order chi connectivity index (χ0) is 12.1. The Kier molecular flexibility index (Phi) is 4.00. The summed E-state index contributed by atoms with van der Waals surface area (Å²) >= 11 is 0. The first-order valence-electron chi connectivity index (χ1n) is 5.07. The number of amides is 1. The standard InChI is InChI=1S/C13H15NO2/c1-4-7-14-13(16)12(15)11-6-5-9(2)8-10(11)3/h4-6,8H,1,7H2,2-3H3,(H,14,16). The fourth-order valence-corrected chi connectivity index (χ4v) is 1.44. The van der Waals surface area contributed by atoms with Gasteiger partial charge in [-0.05, 0) is 19.4 Å². The van der Waals surface area contributed by atoms with Gasteiger partial charge < -0.3 is 5.32 Å². The monoisotopic (exact) mass is 217 g/mol. The number of aryl methyl sites for hydroxylation is 2. The van der Waals surface area contributed by atoms with Gasteiger partial charge in [0.15, 0.2) is 0 Å². The summed E-state index contributed by atoms with van der Waals surface area (Å²) < 4.78 is 0. The lowest BCUT2D eigenvalue weighted by molar-refractivity contribution is -0.116. The van der Waals surface area contributed by atoms with Gasteiger partial charge in [-0.1, -0.05) is 29.8 Å². The summed E-state index contributed by atoms with van der Waals surface area (Å²) in [6, 6.07) is 5.38. The molecule has 0 fully saturated rings. The van der Waals surface area contributed by atoms with Gasteiger partial charge in [-0.25, -0.2) is 0 Å². The maximum Gasteiger partial charge on any atom is 0.292 e. The number of carbonyl (C=O) groups is 2. The highest BCUT2D eigenvalue weighted by Crippen LogP contribution is 2.11. The molecule has 0 saturated carbocycles. The van der Waals surface area contributed by atoms with Gasteiger partial charge in [0.05, 0.1) is 0 Å². The molecular weight excluding hydrogens is 202 g/mol. The molecule has 3 heteroatoms. The molecule has 0 aliphatic rings. The van der Waals surface area contributed by atoms with Crippen LogP contribution in [0.5, 0.6) is 0 Å². The molecule has 0 aliphatic carbocycles. The summed E-state index contributed by atoms with van der Waals surface area (Å²) in [4.78, 5) is 23.2. The van der Waals surface area contributed by atoms with Crippen molar-refractivity contribution < 1.29 is 9.59 Å². The Morgan fingerprint density at radius 2 is 2.06 bits per heavy atom. The number of nitrogens with one attached hydrogen (secondary N) is 1. The smallest absolute Gasteiger partial charge is 0.292 e. The minimum atomic E-state index is -0.591. The molecule has 1 amide bonds. The van der Waals surface area contributed by atoms with E-state index in [1.54, 1.807) is 6.07 Å². The number of Topliss-reactive ketones (excluding diaryl/α,β-unsaturated/α-hetero) is 1. The highest BCUT2D eigenvalue weighted by Gasteiger charge is 2.16. The van der Waals surface area contributed by atoms with E-state index in [4.69, 9.17) is 0 Å². The second-order valence-electron chi connectivity index (χ2n) is 3.65. The van der Waals surface area contributed by atoms with E-state index < -0.39 is 11.7 Å². The van der Waals surface area contributed by atoms with Crippen molar-refractivity contribution in [2.24, 2.45) is 0 Å². The van der Waals surface area contributed by atoms with Crippen LogP contribution in [-0.2, 0) is 4.79 Å². The topological polar surface area (TPSA) is 46.2 Å². The molecule has 3 nitrogen and oxygen atoms in total. The van der Waals surface area contributed by atoms with Gasteiger partial charge in [-0.3, -0.25) is 9.59 Å². The Bertz CT molecular complexity index is 436. The number of carbonyl (C=O) groups excluding carboxylic acids is 2. The SMILES string of the molecule is C=CCNC(=O)C(=O)c1ccc(C)cc1C. The molecule has 1 N–H and O–H groups in total. The van der Waals surface area contributed by atoms with Crippen molar-refractivity contribution in [3.05, 3.63) is 47.5 Å². The lowest BCUT2D eigenvalue weighted by Gasteiger charge is -2.05. The molecule has 0 atom stereocenters. The van der Waals surface area contributed by atoms with Gasteiger partial charge in [0, 0.05) is 12.1 Å². The fourth-order valence-electron chi connectivity index (χ4n) is 1.44. The van der Waals surface area contributed by atoms with E-state index in [9.17, 15) is 9.59 Å². The maximum absolute atomic E-state index is 11.7. The second-order valence-corrected chi connectivity index (χ2v) is 3.65. The van der Waals surface area contributed by atoms with Gasteiger partial charge in [0.2, 0.25) is 5.78 Å². The first kappa shape index (κ1) is 12.2. The Morgan fingerprint density at radius 3 is 2.62 bits per heavy atom. The molecular formula is C13H15NO2. The predicted molar refractivity (Wildman–Crippen MR) is 63.5 cm³/mol. The summed E-state index contributed by atoms with van der Waals surface area (Å²) in [6.07, 6.45) is 1.53. The second kappa shape index (κ2) is 5.26. The van der Waals surface area contributed by atoms with E-state index in [2.05, 4.69) is 11.9 Å². The van der Waals surface area contributed by atoms with Crippen molar-refractivity contribution in [2.45, 2.75) is 13.8 Å². The van der Waals surface area contributed by atoms with Crippen LogP contribution in [0, 0.1) is 13.8 Å². The van der Waals surface area contributed by atoms with Gasteiger partial charge in [-0.2, -0.15) is 0 Å². The van der Waals surface area contributed by atoms with E-state index in [0.717, 1.165) is 11.1 Å². The molecule has 0 aromatic heterocycles. The Balaban J connectivity index is 2.88. The summed E-state index contributed by atoms with van der Waals surface area (Å²) in [5.74, 6) is -1.09. The third-order valence-electron chi connectivity index (χ3n) is 2.24. The zero-order valence-corrected chi connectivity index (χ0v) is 9.54. The zero-order valence-electron chi connectivity index (χ0n) is 9.54. The maximum atomic E-state index is 11.7.